The van der Waals surface area contributed by atoms with E-state index in [-0.39, 0.29) is 12.2 Å². The van der Waals surface area contributed by atoms with E-state index in [1.54, 1.807) is 27.7 Å². The maximum absolute atomic E-state index is 10.7. The summed E-state index contributed by atoms with van der Waals surface area (Å²) < 4.78 is 9.02. The minimum Gasteiger partial charge on any atom is -0.429 e. The third-order valence-electron chi connectivity index (χ3n) is 0.842. The second-order valence-corrected chi connectivity index (χ2v) is 3.00. The summed E-state index contributed by atoms with van der Waals surface area (Å²) in [5.41, 5.74) is 0. The highest BCUT2D eigenvalue weighted by Crippen LogP contribution is 1.97. The predicted octanol–water partition coefficient (Wildman–Crippen LogP) is 1.63. The minimum atomic E-state index is -1.08. The molecule has 0 amide bonds. The van der Waals surface area contributed by atoms with Crippen LogP contribution in [-0.2, 0) is 19.2 Å². The smallest absolute Gasteiger partial charge is 0.429 e. The normalized spacial score (nSPS) is 9.00. The zero-order valence-corrected chi connectivity index (χ0v) is 10.1. The van der Waals surface area contributed by atoms with E-state index in [1.807, 2.05) is 0 Å². The number of rotatable bonds is 2. The van der Waals surface area contributed by atoms with Gasteiger partial charge in [-0.1, -0.05) is 0 Å². The summed E-state index contributed by atoms with van der Waals surface area (Å²) in [4.78, 5) is 29.3. The largest absolute Gasteiger partial charge is 0.550 e. The lowest BCUT2D eigenvalue weighted by Gasteiger charge is -2.08. The first-order valence-electron chi connectivity index (χ1n) is 4.62. The maximum Gasteiger partial charge on any atom is 0.550 e. The Morgan fingerprint density at radius 2 is 1.06 bits per heavy atom. The molecule has 0 saturated heterocycles. The lowest BCUT2D eigenvalue weighted by Crippen LogP contribution is -2.18. The van der Waals surface area contributed by atoms with Gasteiger partial charge in [-0.05, 0) is 27.7 Å². The molecule has 0 unspecified atom stereocenters. The third-order valence-corrected chi connectivity index (χ3v) is 0.842. The molecule has 0 fully saturated rings. The average Bonchev–Trinajstić information content (AvgIpc) is 2.16. The Labute approximate surface area is 94.2 Å². The van der Waals surface area contributed by atoms with Crippen LogP contribution in [0.2, 0.25) is 0 Å². The van der Waals surface area contributed by atoms with Gasteiger partial charge in [-0.15, -0.1) is 0 Å². The van der Waals surface area contributed by atoms with Gasteiger partial charge in [-0.2, -0.15) is 19.4 Å². The first kappa shape index (κ1) is 16.9. The van der Waals surface area contributed by atoms with Crippen LogP contribution >= 0.6 is 0 Å². The van der Waals surface area contributed by atoms with Gasteiger partial charge in [0, 0.05) is 7.11 Å². The first-order chi connectivity index (χ1) is 7.41. The van der Waals surface area contributed by atoms with E-state index in [2.05, 4.69) is 19.2 Å². The van der Waals surface area contributed by atoms with E-state index in [9.17, 15) is 9.59 Å². The Kier molecular flexibility index (Phi) is 10.6. The first-order valence-corrected chi connectivity index (χ1v) is 4.62. The van der Waals surface area contributed by atoms with Crippen LogP contribution in [-0.4, -0.2) is 36.7 Å². The second kappa shape index (κ2) is 10.0. The molecule has 0 rings (SSSR count). The van der Waals surface area contributed by atoms with Crippen molar-refractivity contribution in [2.45, 2.75) is 39.9 Å². The van der Waals surface area contributed by atoms with E-state index in [0.717, 1.165) is 7.11 Å². The molecule has 1 N–H and O–H groups in total. The SMILES string of the molecule is CC(C)OC(=O)OOC(=O)OC(C)C.CO. The highest BCUT2D eigenvalue weighted by Gasteiger charge is 2.13. The van der Waals surface area contributed by atoms with E-state index < -0.39 is 12.3 Å². The van der Waals surface area contributed by atoms with Gasteiger partial charge < -0.3 is 14.6 Å². The molecule has 16 heavy (non-hydrogen) atoms. The molecule has 0 radical (unpaired) electrons. The Bertz CT molecular complexity index is 178. The Balaban J connectivity index is 0. The lowest BCUT2D eigenvalue weighted by atomic mass is 10.5. The van der Waals surface area contributed by atoms with E-state index in [1.165, 1.54) is 0 Å². The molecular formula is C9H18O7. The van der Waals surface area contributed by atoms with Crippen molar-refractivity contribution < 1.29 is 33.9 Å². The molecular weight excluding hydrogens is 220 g/mol. The molecule has 0 aliphatic rings. The fourth-order valence-electron chi connectivity index (χ4n) is 0.492. The van der Waals surface area contributed by atoms with Gasteiger partial charge >= 0.3 is 12.3 Å². The number of carbonyl (C=O) groups excluding carboxylic acids is 2. The van der Waals surface area contributed by atoms with E-state index in [4.69, 9.17) is 5.11 Å². The van der Waals surface area contributed by atoms with Crippen LogP contribution in [0.3, 0.4) is 0 Å². The molecule has 0 atom stereocenters. The zero-order valence-electron chi connectivity index (χ0n) is 10.1. The van der Waals surface area contributed by atoms with Crippen LogP contribution in [0.4, 0.5) is 9.59 Å². The summed E-state index contributed by atoms with van der Waals surface area (Å²) in [6.45, 7) is 6.53. The van der Waals surface area contributed by atoms with Gasteiger partial charge in [0.1, 0.15) is 0 Å². The fourth-order valence-corrected chi connectivity index (χ4v) is 0.492. The van der Waals surface area contributed by atoms with Crippen molar-refractivity contribution in [3.63, 3.8) is 0 Å². The summed E-state index contributed by atoms with van der Waals surface area (Å²) in [5, 5.41) is 7.00. The summed E-state index contributed by atoms with van der Waals surface area (Å²) in [6.07, 6.45) is -2.85. The zero-order chi connectivity index (χ0) is 13.1. The van der Waals surface area contributed by atoms with Crippen molar-refractivity contribution in [3.05, 3.63) is 0 Å². The topological polar surface area (TPSA) is 91.3 Å². The number of carbonyl (C=O) groups is 2. The summed E-state index contributed by atoms with van der Waals surface area (Å²) >= 11 is 0. The Hall–Kier alpha value is -1.50. The minimum absolute atomic E-state index is 0.341. The third kappa shape index (κ3) is 12.5. The quantitative estimate of drug-likeness (QED) is 0.444. The number of ether oxygens (including phenoxy) is 2. The van der Waals surface area contributed by atoms with Gasteiger partial charge in [0.2, 0.25) is 0 Å². The molecule has 0 aromatic carbocycles. The Morgan fingerprint density at radius 3 is 1.25 bits per heavy atom. The lowest BCUT2D eigenvalue weighted by molar-refractivity contribution is -0.222. The van der Waals surface area contributed by atoms with E-state index in [0.29, 0.717) is 0 Å². The van der Waals surface area contributed by atoms with Crippen LogP contribution in [0.15, 0.2) is 0 Å². The van der Waals surface area contributed by atoms with Crippen LogP contribution in [0.5, 0.6) is 0 Å². The van der Waals surface area contributed by atoms with Crippen LogP contribution in [0, 0.1) is 0 Å². The number of hydrogen-bond donors (Lipinski definition) is 1. The summed E-state index contributed by atoms with van der Waals surface area (Å²) in [6, 6.07) is 0. The van der Waals surface area contributed by atoms with Crippen molar-refractivity contribution >= 4 is 12.3 Å². The Morgan fingerprint density at radius 1 is 0.812 bits per heavy atom. The maximum atomic E-state index is 10.7. The molecule has 7 nitrogen and oxygen atoms in total. The standard InChI is InChI=1S/C8H14O6.CH4O/c1-5(2)11-7(9)13-14-8(10)12-6(3)4;1-2/h5-6H,1-4H3;2H,1H3. The van der Waals surface area contributed by atoms with Crippen molar-refractivity contribution in [2.24, 2.45) is 0 Å². The van der Waals surface area contributed by atoms with Crippen molar-refractivity contribution in [1.29, 1.82) is 0 Å². The van der Waals surface area contributed by atoms with Gasteiger partial charge in [0.05, 0.1) is 12.2 Å². The van der Waals surface area contributed by atoms with Gasteiger partial charge in [0.15, 0.2) is 0 Å². The number of aliphatic hydroxyl groups excluding tert-OH is 1. The van der Waals surface area contributed by atoms with Gasteiger partial charge in [-0.3, -0.25) is 0 Å². The molecule has 0 bridgehead atoms. The van der Waals surface area contributed by atoms with Gasteiger partial charge in [-0.25, -0.2) is 0 Å². The second-order valence-electron chi connectivity index (χ2n) is 3.00. The van der Waals surface area contributed by atoms with Crippen LogP contribution in [0.1, 0.15) is 27.7 Å². The molecule has 0 aromatic rings. The average molecular weight is 238 g/mol. The van der Waals surface area contributed by atoms with Crippen molar-refractivity contribution in [2.75, 3.05) is 7.11 Å². The summed E-state index contributed by atoms with van der Waals surface area (Å²) in [5.74, 6) is 0. The molecule has 0 spiro atoms. The molecule has 96 valence electrons. The monoisotopic (exact) mass is 238 g/mol. The predicted molar refractivity (Wildman–Crippen MR) is 53.5 cm³/mol. The molecule has 0 aliphatic heterocycles. The molecule has 0 aromatic heterocycles. The highest BCUT2D eigenvalue weighted by atomic mass is 17.3. The van der Waals surface area contributed by atoms with Crippen LogP contribution < -0.4 is 0 Å². The van der Waals surface area contributed by atoms with Crippen LogP contribution in [0.25, 0.3) is 0 Å². The number of hydrogen-bond acceptors (Lipinski definition) is 7. The number of aliphatic hydroxyl groups is 1. The molecule has 7 heteroatoms. The van der Waals surface area contributed by atoms with Crippen molar-refractivity contribution in [1.82, 2.24) is 0 Å². The van der Waals surface area contributed by atoms with Gasteiger partial charge in [0.25, 0.3) is 0 Å². The molecule has 0 aliphatic carbocycles. The molecule has 0 heterocycles. The van der Waals surface area contributed by atoms with Crippen molar-refractivity contribution in [3.8, 4) is 0 Å². The molecule has 0 saturated carbocycles. The highest BCUT2D eigenvalue weighted by molar-refractivity contribution is 5.63. The fraction of sp³-hybridized carbons (Fsp3) is 0.778. The van der Waals surface area contributed by atoms with E-state index >= 15 is 0 Å². The summed E-state index contributed by atoms with van der Waals surface area (Å²) in [7, 11) is 1.00.